The Balaban J connectivity index is 1.41. The van der Waals surface area contributed by atoms with E-state index in [9.17, 15) is 14.4 Å². The summed E-state index contributed by atoms with van der Waals surface area (Å²) >= 11 is 0. The molecule has 8 heteroatoms. The number of furan rings is 1. The summed E-state index contributed by atoms with van der Waals surface area (Å²) in [4.78, 5) is 40.4. The molecule has 4 rings (SSSR count). The molecule has 26 heavy (non-hydrogen) atoms. The smallest absolute Gasteiger partial charge is 0.322 e. The largest absolute Gasteiger partial charge is 0.464 e. The van der Waals surface area contributed by atoms with E-state index in [2.05, 4.69) is 10.6 Å². The predicted octanol–water partition coefficient (Wildman–Crippen LogP) is 0.753. The lowest BCUT2D eigenvalue weighted by Gasteiger charge is -2.38. The molecule has 2 saturated heterocycles. The van der Waals surface area contributed by atoms with Crippen molar-refractivity contribution in [2.75, 3.05) is 19.6 Å². The van der Waals surface area contributed by atoms with Gasteiger partial charge in [-0.1, -0.05) is 0 Å². The summed E-state index contributed by atoms with van der Waals surface area (Å²) in [6.07, 6.45) is 3.41. The molecule has 3 fully saturated rings. The van der Waals surface area contributed by atoms with Crippen molar-refractivity contribution < 1.29 is 18.8 Å². The molecule has 1 atom stereocenters. The number of nitrogens with one attached hydrogen (secondary N) is 2. The zero-order chi connectivity index (χ0) is 18.3. The minimum Gasteiger partial charge on any atom is -0.464 e. The number of likely N-dealkylation sites (tertiary alicyclic amines) is 1. The van der Waals surface area contributed by atoms with Crippen LogP contribution < -0.4 is 10.6 Å². The number of urea groups is 1. The van der Waals surface area contributed by atoms with E-state index in [4.69, 9.17) is 4.42 Å². The SMILES string of the molecule is Cc1ccc(CN(C(=O)CN2CCC[C@]3(C2)NC(=O)NC3=O)C2CC2)o1. The van der Waals surface area contributed by atoms with Gasteiger partial charge in [0.05, 0.1) is 13.1 Å². The normalized spacial score (nSPS) is 26.0. The number of aryl methyl sites for hydroxylation is 1. The van der Waals surface area contributed by atoms with Gasteiger partial charge in [-0.2, -0.15) is 0 Å². The van der Waals surface area contributed by atoms with Crippen LogP contribution in [0.25, 0.3) is 0 Å². The molecule has 0 aromatic carbocycles. The maximum Gasteiger partial charge on any atom is 0.322 e. The van der Waals surface area contributed by atoms with Crippen LogP contribution in [-0.4, -0.2) is 58.9 Å². The molecule has 1 aromatic heterocycles. The monoisotopic (exact) mass is 360 g/mol. The molecule has 0 radical (unpaired) electrons. The topological polar surface area (TPSA) is 94.9 Å². The molecular weight excluding hydrogens is 336 g/mol. The van der Waals surface area contributed by atoms with Gasteiger partial charge in [0.25, 0.3) is 5.91 Å². The van der Waals surface area contributed by atoms with Crippen LogP contribution in [0.1, 0.15) is 37.2 Å². The number of hydrogen-bond donors (Lipinski definition) is 2. The van der Waals surface area contributed by atoms with E-state index in [0.29, 0.717) is 19.5 Å². The molecule has 140 valence electrons. The summed E-state index contributed by atoms with van der Waals surface area (Å²) < 4.78 is 5.63. The fourth-order valence-electron chi connectivity index (χ4n) is 3.92. The third-order valence-electron chi connectivity index (χ3n) is 5.37. The fourth-order valence-corrected chi connectivity index (χ4v) is 3.92. The molecule has 3 heterocycles. The van der Waals surface area contributed by atoms with Crippen LogP contribution in [0.5, 0.6) is 0 Å². The van der Waals surface area contributed by atoms with E-state index in [-0.39, 0.29) is 24.4 Å². The average Bonchev–Trinajstić information content (AvgIpc) is 3.28. The van der Waals surface area contributed by atoms with Crippen LogP contribution in [-0.2, 0) is 16.1 Å². The number of imide groups is 1. The van der Waals surface area contributed by atoms with E-state index in [1.54, 1.807) is 0 Å². The van der Waals surface area contributed by atoms with Crippen LogP contribution >= 0.6 is 0 Å². The highest BCUT2D eigenvalue weighted by Crippen LogP contribution is 2.30. The van der Waals surface area contributed by atoms with Gasteiger partial charge in [0.2, 0.25) is 5.91 Å². The quantitative estimate of drug-likeness (QED) is 0.756. The van der Waals surface area contributed by atoms with Crippen molar-refractivity contribution in [1.29, 1.82) is 0 Å². The van der Waals surface area contributed by atoms with Gasteiger partial charge >= 0.3 is 6.03 Å². The number of carbonyl (C=O) groups excluding carboxylic acids is 3. The van der Waals surface area contributed by atoms with Crippen molar-refractivity contribution in [3.8, 4) is 0 Å². The second-order valence-corrected chi connectivity index (χ2v) is 7.57. The first-order valence-electron chi connectivity index (χ1n) is 9.16. The number of carbonyl (C=O) groups is 3. The number of rotatable bonds is 5. The highest BCUT2D eigenvalue weighted by atomic mass is 16.3. The first kappa shape index (κ1) is 17.1. The number of hydrogen-bond acceptors (Lipinski definition) is 5. The molecule has 3 aliphatic rings. The maximum atomic E-state index is 12.9. The van der Waals surface area contributed by atoms with Crippen LogP contribution in [0.4, 0.5) is 4.79 Å². The van der Waals surface area contributed by atoms with Crippen molar-refractivity contribution in [3.63, 3.8) is 0 Å². The molecular formula is C18H24N4O4. The maximum absolute atomic E-state index is 12.9. The van der Waals surface area contributed by atoms with Gasteiger partial charge in [-0.25, -0.2) is 4.79 Å². The third kappa shape index (κ3) is 3.33. The summed E-state index contributed by atoms with van der Waals surface area (Å²) in [5, 5.41) is 5.06. The summed E-state index contributed by atoms with van der Waals surface area (Å²) in [6.45, 7) is 3.74. The Morgan fingerprint density at radius 1 is 1.38 bits per heavy atom. The first-order valence-corrected chi connectivity index (χ1v) is 9.16. The van der Waals surface area contributed by atoms with Crippen molar-refractivity contribution in [3.05, 3.63) is 23.7 Å². The minimum absolute atomic E-state index is 0.0448. The minimum atomic E-state index is -0.891. The van der Waals surface area contributed by atoms with E-state index in [0.717, 1.165) is 37.3 Å². The Morgan fingerprint density at radius 3 is 2.81 bits per heavy atom. The van der Waals surface area contributed by atoms with Crippen LogP contribution in [0, 0.1) is 6.92 Å². The zero-order valence-electron chi connectivity index (χ0n) is 14.9. The molecule has 0 unspecified atom stereocenters. The second kappa shape index (κ2) is 6.42. The summed E-state index contributed by atoms with van der Waals surface area (Å²) in [5.74, 6) is 1.39. The first-order chi connectivity index (χ1) is 12.4. The van der Waals surface area contributed by atoms with Crippen molar-refractivity contribution in [2.45, 2.75) is 50.7 Å². The van der Waals surface area contributed by atoms with E-state index < -0.39 is 11.6 Å². The summed E-state index contributed by atoms with van der Waals surface area (Å²) in [5.41, 5.74) is -0.891. The second-order valence-electron chi connectivity index (χ2n) is 7.57. The fraction of sp³-hybridized carbons (Fsp3) is 0.611. The van der Waals surface area contributed by atoms with Gasteiger partial charge in [-0.05, 0) is 51.3 Å². The van der Waals surface area contributed by atoms with Crippen molar-refractivity contribution >= 4 is 17.8 Å². The summed E-state index contributed by atoms with van der Waals surface area (Å²) in [7, 11) is 0. The Kier molecular flexibility index (Phi) is 4.22. The summed E-state index contributed by atoms with van der Waals surface area (Å²) in [6, 6.07) is 3.64. The van der Waals surface area contributed by atoms with E-state index in [1.165, 1.54) is 0 Å². The third-order valence-corrected chi connectivity index (χ3v) is 5.37. The van der Waals surface area contributed by atoms with E-state index in [1.807, 2.05) is 28.9 Å². The lowest BCUT2D eigenvalue weighted by molar-refractivity contribution is -0.136. The number of piperidine rings is 1. The highest BCUT2D eigenvalue weighted by molar-refractivity contribution is 6.07. The van der Waals surface area contributed by atoms with Gasteiger partial charge in [-0.15, -0.1) is 0 Å². The van der Waals surface area contributed by atoms with Crippen LogP contribution in [0.15, 0.2) is 16.5 Å². The predicted molar refractivity (Wildman–Crippen MR) is 92.1 cm³/mol. The Morgan fingerprint density at radius 2 is 2.19 bits per heavy atom. The molecule has 1 spiro atoms. The molecule has 2 aliphatic heterocycles. The Bertz CT molecular complexity index is 741. The average molecular weight is 360 g/mol. The molecule has 2 N–H and O–H groups in total. The highest BCUT2D eigenvalue weighted by Gasteiger charge is 2.49. The Hall–Kier alpha value is -2.35. The Labute approximate surface area is 151 Å². The number of amides is 4. The lowest BCUT2D eigenvalue weighted by atomic mass is 9.89. The van der Waals surface area contributed by atoms with Crippen LogP contribution in [0.2, 0.25) is 0 Å². The van der Waals surface area contributed by atoms with Gasteiger partial charge in [0, 0.05) is 12.6 Å². The molecule has 4 amide bonds. The van der Waals surface area contributed by atoms with Crippen LogP contribution in [0.3, 0.4) is 0 Å². The van der Waals surface area contributed by atoms with E-state index >= 15 is 0 Å². The molecule has 0 bridgehead atoms. The zero-order valence-corrected chi connectivity index (χ0v) is 14.9. The van der Waals surface area contributed by atoms with Crippen molar-refractivity contribution in [2.24, 2.45) is 0 Å². The molecule has 1 aliphatic carbocycles. The molecule has 1 saturated carbocycles. The molecule has 1 aromatic rings. The lowest BCUT2D eigenvalue weighted by Crippen LogP contribution is -2.59. The van der Waals surface area contributed by atoms with Gasteiger partial charge in [0.15, 0.2) is 0 Å². The van der Waals surface area contributed by atoms with Gasteiger partial charge in [0.1, 0.15) is 17.1 Å². The van der Waals surface area contributed by atoms with Gasteiger partial charge < -0.3 is 14.6 Å². The molecule has 8 nitrogen and oxygen atoms in total. The number of nitrogens with zero attached hydrogens (tertiary/aromatic N) is 2. The standard InChI is InChI=1S/C18H24N4O4/c1-12-3-6-14(26-12)9-22(13-4-5-13)15(23)10-21-8-2-7-18(11-21)16(24)19-17(25)20-18/h3,6,13H,2,4-5,7-11H2,1H3,(H2,19,20,24,25)/t18-/m1/s1. The van der Waals surface area contributed by atoms with Gasteiger partial charge in [-0.3, -0.25) is 19.8 Å². The van der Waals surface area contributed by atoms with Crippen molar-refractivity contribution in [1.82, 2.24) is 20.4 Å².